The molecule has 1 fully saturated rings. The molecule has 2 heteroatoms. The molecule has 0 bridgehead atoms. The summed E-state index contributed by atoms with van der Waals surface area (Å²) >= 11 is 0. The van der Waals surface area contributed by atoms with Crippen LogP contribution in [0, 0.1) is 11.7 Å². The third-order valence-corrected chi connectivity index (χ3v) is 4.75. The number of benzene rings is 1. The van der Waals surface area contributed by atoms with Gasteiger partial charge in [-0.25, -0.2) is 4.39 Å². The van der Waals surface area contributed by atoms with Crippen LogP contribution in [0.2, 0.25) is 0 Å². The van der Waals surface area contributed by atoms with E-state index in [0.717, 1.165) is 18.8 Å². The van der Waals surface area contributed by atoms with Crippen LogP contribution in [0.1, 0.15) is 56.2 Å². The van der Waals surface area contributed by atoms with Crippen molar-refractivity contribution in [3.63, 3.8) is 0 Å². The van der Waals surface area contributed by atoms with Crippen LogP contribution in [0.15, 0.2) is 18.2 Å². The van der Waals surface area contributed by atoms with Gasteiger partial charge in [0.15, 0.2) is 0 Å². The Hall–Kier alpha value is -0.890. The summed E-state index contributed by atoms with van der Waals surface area (Å²) in [7, 11) is 0. The second kappa shape index (κ2) is 5.00. The minimum absolute atomic E-state index is 0.0989. The van der Waals surface area contributed by atoms with Crippen LogP contribution in [0.4, 0.5) is 4.39 Å². The SMILES string of the molecule is CC(NC1CCc2cc(F)ccc21)C1CCCC1. The van der Waals surface area contributed by atoms with Crippen LogP contribution in [0.3, 0.4) is 0 Å². The molecule has 0 aromatic heterocycles. The Bertz CT molecular complexity index is 423. The van der Waals surface area contributed by atoms with E-state index >= 15 is 0 Å². The minimum Gasteiger partial charge on any atom is -0.307 e. The van der Waals surface area contributed by atoms with Crippen LogP contribution >= 0.6 is 0 Å². The fourth-order valence-electron chi connectivity index (χ4n) is 3.67. The Morgan fingerprint density at radius 3 is 2.78 bits per heavy atom. The van der Waals surface area contributed by atoms with Gasteiger partial charge >= 0.3 is 0 Å². The van der Waals surface area contributed by atoms with Gasteiger partial charge in [-0.05, 0) is 61.8 Å². The van der Waals surface area contributed by atoms with Crippen molar-refractivity contribution < 1.29 is 4.39 Å². The molecule has 1 aromatic carbocycles. The lowest BCUT2D eigenvalue weighted by Gasteiger charge is -2.25. The van der Waals surface area contributed by atoms with Gasteiger partial charge in [0.1, 0.15) is 5.82 Å². The maximum atomic E-state index is 13.2. The van der Waals surface area contributed by atoms with Gasteiger partial charge in [0.25, 0.3) is 0 Å². The summed E-state index contributed by atoms with van der Waals surface area (Å²) in [4.78, 5) is 0. The van der Waals surface area contributed by atoms with Crippen LogP contribution in [0.5, 0.6) is 0 Å². The fraction of sp³-hybridized carbons (Fsp3) is 0.625. The lowest BCUT2D eigenvalue weighted by Crippen LogP contribution is -2.34. The van der Waals surface area contributed by atoms with E-state index in [0.29, 0.717) is 12.1 Å². The van der Waals surface area contributed by atoms with Gasteiger partial charge in [0.05, 0.1) is 0 Å². The number of rotatable bonds is 3. The molecule has 1 aromatic rings. The Labute approximate surface area is 109 Å². The van der Waals surface area contributed by atoms with Crippen molar-refractivity contribution in [3.8, 4) is 0 Å². The normalized spacial score (nSPS) is 25.3. The van der Waals surface area contributed by atoms with Crippen LogP contribution in [-0.2, 0) is 6.42 Å². The molecule has 0 saturated heterocycles. The van der Waals surface area contributed by atoms with Crippen molar-refractivity contribution in [1.29, 1.82) is 0 Å². The Balaban J connectivity index is 1.68. The zero-order chi connectivity index (χ0) is 12.5. The number of halogens is 1. The Kier molecular flexibility index (Phi) is 3.38. The van der Waals surface area contributed by atoms with Gasteiger partial charge in [0.2, 0.25) is 0 Å². The van der Waals surface area contributed by atoms with E-state index in [1.165, 1.54) is 36.8 Å². The molecule has 1 N–H and O–H groups in total. The summed E-state index contributed by atoms with van der Waals surface area (Å²) in [5.41, 5.74) is 2.52. The molecule has 2 unspecified atom stereocenters. The van der Waals surface area contributed by atoms with Crippen molar-refractivity contribution >= 4 is 0 Å². The van der Waals surface area contributed by atoms with Crippen molar-refractivity contribution in [2.75, 3.05) is 0 Å². The first-order chi connectivity index (χ1) is 8.74. The van der Waals surface area contributed by atoms with Crippen LogP contribution in [0.25, 0.3) is 0 Å². The highest BCUT2D eigenvalue weighted by molar-refractivity contribution is 5.35. The second-order valence-electron chi connectivity index (χ2n) is 5.93. The average molecular weight is 247 g/mol. The summed E-state index contributed by atoms with van der Waals surface area (Å²) in [6.45, 7) is 2.32. The molecule has 0 radical (unpaired) electrons. The van der Waals surface area contributed by atoms with Crippen molar-refractivity contribution in [2.45, 2.75) is 57.5 Å². The maximum absolute atomic E-state index is 13.2. The molecule has 3 rings (SSSR count). The van der Waals surface area contributed by atoms with E-state index < -0.39 is 0 Å². The smallest absolute Gasteiger partial charge is 0.123 e. The molecule has 2 aliphatic rings. The summed E-state index contributed by atoms with van der Waals surface area (Å²) in [5.74, 6) is 0.743. The fourth-order valence-corrected chi connectivity index (χ4v) is 3.67. The highest BCUT2D eigenvalue weighted by Gasteiger charge is 2.27. The molecule has 0 aliphatic heterocycles. The lowest BCUT2D eigenvalue weighted by atomic mass is 9.98. The average Bonchev–Trinajstić information content (AvgIpc) is 2.98. The number of fused-ring (bicyclic) bond motifs is 1. The molecule has 0 amide bonds. The highest BCUT2D eigenvalue weighted by Crippen LogP contribution is 2.34. The molecule has 0 heterocycles. The predicted octanol–water partition coefficient (Wildman–Crippen LogP) is 3.98. The topological polar surface area (TPSA) is 12.0 Å². The largest absolute Gasteiger partial charge is 0.307 e. The van der Waals surface area contributed by atoms with Crippen molar-refractivity contribution in [1.82, 2.24) is 5.32 Å². The standard InChI is InChI=1S/C16H22FN/c1-11(12-4-2-3-5-12)18-16-9-6-13-10-14(17)7-8-15(13)16/h7-8,10-12,16,18H,2-6,9H2,1H3. The Morgan fingerprint density at radius 2 is 2.00 bits per heavy atom. The molecular weight excluding hydrogens is 225 g/mol. The van der Waals surface area contributed by atoms with E-state index in [1.54, 1.807) is 12.1 Å². The molecule has 2 atom stereocenters. The molecule has 1 saturated carbocycles. The number of hydrogen-bond acceptors (Lipinski definition) is 1. The van der Waals surface area contributed by atoms with Crippen molar-refractivity contribution in [2.24, 2.45) is 5.92 Å². The molecular formula is C16H22FN. The van der Waals surface area contributed by atoms with Crippen LogP contribution < -0.4 is 5.32 Å². The van der Waals surface area contributed by atoms with Gasteiger partial charge in [-0.2, -0.15) is 0 Å². The summed E-state index contributed by atoms with van der Waals surface area (Å²) < 4.78 is 13.2. The van der Waals surface area contributed by atoms with Gasteiger partial charge in [-0.3, -0.25) is 0 Å². The molecule has 0 spiro atoms. The molecule has 98 valence electrons. The van der Waals surface area contributed by atoms with E-state index in [9.17, 15) is 4.39 Å². The quantitative estimate of drug-likeness (QED) is 0.852. The van der Waals surface area contributed by atoms with E-state index in [1.807, 2.05) is 6.07 Å². The number of hydrogen-bond donors (Lipinski definition) is 1. The molecule has 2 aliphatic carbocycles. The minimum atomic E-state index is -0.0989. The van der Waals surface area contributed by atoms with Crippen molar-refractivity contribution in [3.05, 3.63) is 35.1 Å². The molecule has 18 heavy (non-hydrogen) atoms. The first-order valence-electron chi connectivity index (χ1n) is 7.28. The van der Waals surface area contributed by atoms with Gasteiger partial charge in [-0.15, -0.1) is 0 Å². The first-order valence-corrected chi connectivity index (χ1v) is 7.28. The number of aryl methyl sites for hydroxylation is 1. The third kappa shape index (κ3) is 2.31. The second-order valence-corrected chi connectivity index (χ2v) is 5.93. The monoisotopic (exact) mass is 247 g/mol. The van der Waals surface area contributed by atoms with Gasteiger partial charge < -0.3 is 5.32 Å². The summed E-state index contributed by atoms with van der Waals surface area (Å²) in [6, 6.07) is 6.30. The number of nitrogens with one attached hydrogen (secondary N) is 1. The van der Waals surface area contributed by atoms with Crippen LogP contribution in [-0.4, -0.2) is 6.04 Å². The van der Waals surface area contributed by atoms with E-state index in [2.05, 4.69) is 12.2 Å². The van der Waals surface area contributed by atoms with E-state index in [4.69, 9.17) is 0 Å². The Morgan fingerprint density at radius 1 is 1.22 bits per heavy atom. The predicted molar refractivity (Wildman–Crippen MR) is 72.0 cm³/mol. The summed E-state index contributed by atoms with van der Waals surface area (Å²) in [6.07, 6.45) is 7.67. The van der Waals surface area contributed by atoms with Gasteiger partial charge in [-0.1, -0.05) is 18.9 Å². The lowest BCUT2D eigenvalue weighted by molar-refractivity contribution is 0.342. The molecule has 1 nitrogen and oxygen atoms in total. The van der Waals surface area contributed by atoms with Gasteiger partial charge in [0, 0.05) is 12.1 Å². The summed E-state index contributed by atoms with van der Waals surface area (Å²) in [5, 5.41) is 3.77. The third-order valence-electron chi connectivity index (χ3n) is 4.75. The zero-order valence-corrected chi connectivity index (χ0v) is 11.1. The van der Waals surface area contributed by atoms with E-state index in [-0.39, 0.29) is 5.82 Å². The maximum Gasteiger partial charge on any atom is 0.123 e. The zero-order valence-electron chi connectivity index (χ0n) is 11.1. The first kappa shape index (κ1) is 12.2. The highest BCUT2D eigenvalue weighted by atomic mass is 19.1.